The van der Waals surface area contributed by atoms with Crippen LogP contribution in [0.2, 0.25) is 0 Å². The zero-order chi connectivity index (χ0) is 19.1. The Labute approximate surface area is 164 Å². The standard InChI is InChI=1S/C25H21N3/c1-28(2)20-13-11-17(12-14-20)25(23-15-18-7-3-5-9-21(18)26-23)24-16-19-8-4-6-10-22(19)27-24/h3-16,26H,1-2H3/p+1/b25-24-. The van der Waals surface area contributed by atoms with E-state index in [1.807, 2.05) is 0 Å². The van der Waals surface area contributed by atoms with Crippen LogP contribution < -0.4 is 20.5 Å². The van der Waals surface area contributed by atoms with E-state index in [-0.39, 0.29) is 0 Å². The number of anilines is 1. The smallest absolute Gasteiger partial charge is 0.214 e. The number of nitrogens with one attached hydrogen (secondary N) is 2. The summed E-state index contributed by atoms with van der Waals surface area (Å²) >= 11 is 0. The Bertz CT molecular complexity index is 1250. The van der Waals surface area contributed by atoms with Crippen LogP contribution in [0.5, 0.6) is 0 Å². The minimum atomic E-state index is 1.12. The molecule has 136 valence electrons. The first-order valence-corrected chi connectivity index (χ1v) is 9.50. The second kappa shape index (κ2) is 6.54. The van der Waals surface area contributed by atoms with Crippen LogP contribution in [0.25, 0.3) is 22.6 Å². The van der Waals surface area contributed by atoms with Crippen molar-refractivity contribution in [1.29, 1.82) is 0 Å². The highest BCUT2D eigenvalue weighted by Gasteiger charge is 2.20. The molecule has 4 aromatic rings. The Balaban J connectivity index is 1.75. The average Bonchev–Trinajstić information content (AvgIpc) is 3.32. The fourth-order valence-electron chi connectivity index (χ4n) is 3.80. The van der Waals surface area contributed by atoms with E-state index in [1.165, 1.54) is 27.4 Å². The lowest BCUT2D eigenvalue weighted by Gasteiger charge is -2.13. The molecule has 0 bridgehead atoms. The highest BCUT2D eigenvalue weighted by molar-refractivity contribution is 5.91. The van der Waals surface area contributed by atoms with Crippen LogP contribution in [0.1, 0.15) is 11.3 Å². The summed E-state index contributed by atoms with van der Waals surface area (Å²) in [6, 6.07) is 27.8. The Morgan fingerprint density at radius 3 is 2.36 bits per heavy atom. The molecule has 1 aromatic heterocycles. The third kappa shape index (κ3) is 2.81. The number of benzene rings is 3. The van der Waals surface area contributed by atoms with Gasteiger partial charge in [0.25, 0.3) is 0 Å². The molecule has 3 aromatic carbocycles. The first kappa shape index (κ1) is 16.6. The van der Waals surface area contributed by atoms with Crippen molar-refractivity contribution in [3.63, 3.8) is 0 Å². The molecule has 1 aliphatic rings. The van der Waals surface area contributed by atoms with Gasteiger partial charge >= 0.3 is 0 Å². The van der Waals surface area contributed by atoms with Crippen molar-refractivity contribution < 1.29 is 4.99 Å². The third-order valence-electron chi connectivity index (χ3n) is 5.27. The summed E-state index contributed by atoms with van der Waals surface area (Å²) in [5.41, 5.74) is 6.93. The second-order valence-corrected chi connectivity index (χ2v) is 7.36. The van der Waals surface area contributed by atoms with Crippen LogP contribution in [-0.4, -0.2) is 19.1 Å². The van der Waals surface area contributed by atoms with Gasteiger partial charge in [-0.2, -0.15) is 0 Å². The summed E-state index contributed by atoms with van der Waals surface area (Å²) in [6.45, 7) is 0. The normalized spacial score (nSPS) is 14.4. The van der Waals surface area contributed by atoms with E-state index in [0.29, 0.717) is 0 Å². The summed E-state index contributed by atoms with van der Waals surface area (Å²) in [7, 11) is 4.13. The number of hydrogen-bond donors (Lipinski definition) is 2. The molecule has 0 atom stereocenters. The molecule has 2 heterocycles. The highest BCUT2D eigenvalue weighted by atomic mass is 15.1. The van der Waals surface area contributed by atoms with Crippen molar-refractivity contribution in [2.45, 2.75) is 0 Å². The molecule has 0 amide bonds. The molecule has 0 spiro atoms. The molecule has 5 rings (SSSR count). The van der Waals surface area contributed by atoms with E-state index >= 15 is 0 Å². The second-order valence-electron chi connectivity index (χ2n) is 7.36. The van der Waals surface area contributed by atoms with Gasteiger partial charge in [-0.1, -0.05) is 42.5 Å². The number of rotatable bonds is 3. The average molecular weight is 364 g/mol. The molecule has 0 saturated carbocycles. The molecule has 0 fully saturated rings. The topological polar surface area (TPSA) is 33.0 Å². The van der Waals surface area contributed by atoms with Crippen LogP contribution in [0.4, 0.5) is 5.69 Å². The lowest BCUT2D eigenvalue weighted by atomic mass is 9.99. The highest BCUT2D eigenvalue weighted by Crippen LogP contribution is 2.29. The summed E-state index contributed by atoms with van der Waals surface area (Å²) in [5, 5.41) is 3.59. The van der Waals surface area contributed by atoms with Gasteiger partial charge < -0.3 is 9.88 Å². The van der Waals surface area contributed by atoms with E-state index in [2.05, 4.69) is 114 Å². The zero-order valence-electron chi connectivity index (χ0n) is 16.0. The summed E-state index contributed by atoms with van der Waals surface area (Å²) in [4.78, 5) is 9.33. The van der Waals surface area contributed by atoms with Gasteiger partial charge in [0.1, 0.15) is 0 Å². The molecule has 3 nitrogen and oxygen atoms in total. The van der Waals surface area contributed by atoms with Crippen molar-refractivity contribution in [3.05, 3.63) is 106 Å². The van der Waals surface area contributed by atoms with Crippen molar-refractivity contribution in [2.75, 3.05) is 19.0 Å². The third-order valence-corrected chi connectivity index (χ3v) is 5.27. The Kier molecular flexibility index (Phi) is 3.87. The molecule has 0 saturated heterocycles. The number of nitrogens with zero attached hydrogens (tertiary/aromatic N) is 1. The van der Waals surface area contributed by atoms with Crippen LogP contribution in [0.3, 0.4) is 0 Å². The van der Waals surface area contributed by atoms with Gasteiger partial charge in [-0.05, 0) is 35.9 Å². The molecule has 3 heteroatoms. The summed E-state index contributed by atoms with van der Waals surface area (Å²) < 4.78 is 0. The number of aromatic nitrogens is 1. The maximum atomic E-state index is 3.61. The lowest BCUT2D eigenvalue weighted by Crippen LogP contribution is -2.74. The van der Waals surface area contributed by atoms with Gasteiger partial charge in [0.15, 0.2) is 0 Å². The van der Waals surface area contributed by atoms with Crippen LogP contribution in [0, 0.1) is 0 Å². The number of aromatic amines is 1. The molecule has 2 N–H and O–H groups in total. The molecule has 28 heavy (non-hydrogen) atoms. The van der Waals surface area contributed by atoms with Crippen LogP contribution in [0.15, 0.2) is 84.6 Å². The van der Waals surface area contributed by atoms with Crippen molar-refractivity contribution in [3.8, 4) is 0 Å². The first-order chi connectivity index (χ1) is 13.7. The molecule has 0 radical (unpaired) electrons. The number of para-hydroxylation sites is 2. The van der Waals surface area contributed by atoms with Gasteiger partial charge in [-0.15, -0.1) is 0 Å². The maximum absolute atomic E-state index is 3.61. The number of allylic oxidation sites excluding steroid dienone is 1. The maximum Gasteiger partial charge on any atom is 0.214 e. The fourth-order valence-corrected chi connectivity index (χ4v) is 3.80. The van der Waals surface area contributed by atoms with E-state index in [4.69, 9.17) is 0 Å². The van der Waals surface area contributed by atoms with E-state index in [0.717, 1.165) is 22.3 Å². The predicted molar refractivity (Wildman–Crippen MR) is 115 cm³/mol. The van der Waals surface area contributed by atoms with Gasteiger partial charge in [0, 0.05) is 42.8 Å². The molecular weight excluding hydrogens is 342 g/mol. The van der Waals surface area contributed by atoms with E-state index in [9.17, 15) is 0 Å². The summed E-state index contributed by atoms with van der Waals surface area (Å²) in [5.74, 6) is 0. The molecule has 0 aliphatic carbocycles. The Morgan fingerprint density at radius 2 is 1.61 bits per heavy atom. The largest absolute Gasteiger partial charge is 0.378 e. The number of hydrogen-bond acceptors (Lipinski definition) is 1. The van der Waals surface area contributed by atoms with Gasteiger partial charge in [0.2, 0.25) is 11.1 Å². The van der Waals surface area contributed by atoms with Gasteiger partial charge in [0.05, 0.1) is 16.5 Å². The molecule has 1 aliphatic heterocycles. The number of fused-ring (bicyclic) bond motifs is 2. The zero-order valence-corrected chi connectivity index (χ0v) is 16.0. The van der Waals surface area contributed by atoms with Gasteiger partial charge in [-0.25, -0.2) is 4.99 Å². The van der Waals surface area contributed by atoms with E-state index < -0.39 is 0 Å². The quantitative estimate of drug-likeness (QED) is 0.574. The van der Waals surface area contributed by atoms with E-state index in [1.54, 1.807) is 0 Å². The van der Waals surface area contributed by atoms with Crippen molar-refractivity contribution in [1.82, 2.24) is 4.98 Å². The SMILES string of the molecule is CN(C)c1ccc(/C(=C2\C=c3ccccc3=[NH+]2)c2cc3ccccc3[nH]2)cc1. The van der Waals surface area contributed by atoms with Crippen LogP contribution >= 0.6 is 0 Å². The lowest BCUT2D eigenvalue weighted by molar-refractivity contribution is -0.430. The number of H-pyrrole nitrogens is 1. The van der Waals surface area contributed by atoms with Crippen LogP contribution in [-0.2, 0) is 0 Å². The first-order valence-electron chi connectivity index (χ1n) is 9.50. The fraction of sp³-hybridized carbons (Fsp3) is 0.0800. The minimum absolute atomic E-state index is 1.12. The minimum Gasteiger partial charge on any atom is -0.378 e. The van der Waals surface area contributed by atoms with Crippen molar-refractivity contribution >= 4 is 28.2 Å². The summed E-state index contributed by atoms with van der Waals surface area (Å²) in [6.07, 6.45) is 2.23. The Morgan fingerprint density at radius 1 is 0.857 bits per heavy atom. The van der Waals surface area contributed by atoms with Gasteiger partial charge in [-0.3, -0.25) is 0 Å². The monoisotopic (exact) mass is 364 g/mol. The molecule has 0 unspecified atom stereocenters. The van der Waals surface area contributed by atoms with Crippen molar-refractivity contribution in [2.24, 2.45) is 0 Å². The molecular formula is C25H22N3+. The predicted octanol–water partition coefficient (Wildman–Crippen LogP) is 2.19. The Hall–Kier alpha value is -3.59.